The van der Waals surface area contributed by atoms with E-state index < -0.39 is 5.60 Å². The van der Waals surface area contributed by atoms with Gasteiger partial charge in [-0.2, -0.15) is 11.8 Å². The Labute approximate surface area is 143 Å². The van der Waals surface area contributed by atoms with Crippen LogP contribution >= 0.6 is 11.8 Å². The Morgan fingerprint density at radius 2 is 1.96 bits per heavy atom. The van der Waals surface area contributed by atoms with E-state index in [1.54, 1.807) is 0 Å². The van der Waals surface area contributed by atoms with Gasteiger partial charge in [-0.3, -0.25) is 0 Å². The molecule has 0 saturated heterocycles. The Bertz CT molecular complexity index is 552. The van der Waals surface area contributed by atoms with Crippen LogP contribution in [0.5, 0.6) is 0 Å². The number of hydrogen-bond donors (Lipinski definition) is 2. The standard InChI is InChI=1S/C18H28N2O2S/c1-17(2,3)22-16(21)20-18(4,5)12-19-15-11-23-10-13-8-6-7-9-14(13)15/h6-9,15,19H,10-12H2,1-5H3,(H,20,21). The van der Waals surface area contributed by atoms with Crippen LogP contribution in [0.1, 0.15) is 51.8 Å². The summed E-state index contributed by atoms with van der Waals surface area (Å²) in [5, 5.41) is 6.54. The van der Waals surface area contributed by atoms with Crippen LogP contribution < -0.4 is 10.6 Å². The van der Waals surface area contributed by atoms with Gasteiger partial charge < -0.3 is 15.4 Å². The molecule has 2 rings (SSSR count). The third-order valence-corrected chi connectivity index (χ3v) is 4.69. The van der Waals surface area contributed by atoms with E-state index in [1.807, 2.05) is 46.4 Å². The summed E-state index contributed by atoms with van der Waals surface area (Å²) < 4.78 is 5.34. The lowest BCUT2D eigenvalue weighted by Gasteiger charge is -2.32. The van der Waals surface area contributed by atoms with Crippen LogP contribution in [-0.2, 0) is 10.5 Å². The Kier molecular flexibility index (Phi) is 5.63. The predicted octanol–water partition coefficient (Wildman–Crippen LogP) is 3.87. The molecular weight excluding hydrogens is 308 g/mol. The van der Waals surface area contributed by atoms with E-state index >= 15 is 0 Å². The second-order valence-electron chi connectivity index (χ2n) is 7.66. The first-order valence-electron chi connectivity index (χ1n) is 8.06. The zero-order valence-corrected chi connectivity index (χ0v) is 15.5. The zero-order chi connectivity index (χ0) is 17.1. The maximum absolute atomic E-state index is 12.0. The number of benzene rings is 1. The third-order valence-electron chi connectivity index (χ3n) is 3.60. The number of alkyl carbamates (subject to hydrolysis) is 1. The molecule has 0 aliphatic carbocycles. The van der Waals surface area contributed by atoms with Crippen molar-refractivity contribution in [2.75, 3.05) is 12.3 Å². The molecule has 1 aliphatic rings. The summed E-state index contributed by atoms with van der Waals surface area (Å²) in [6.45, 7) is 10.3. The number of ether oxygens (including phenoxy) is 1. The summed E-state index contributed by atoms with van der Waals surface area (Å²) in [6.07, 6.45) is -0.372. The highest BCUT2D eigenvalue weighted by atomic mass is 32.2. The highest BCUT2D eigenvalue weighted by Crippen LogP contribution is 2.31. The van der Waals surface area contributed by atoms with Gasteiger partial charge in [-0.1, -0.05) is 24.3 Å². The van der Waals surface area contributed by atoms with Gasteiger partial charge in [0.25, 0.3) is 0 Å². The van der Waals surface area contributed by atoms with Crippen molar-refractivity contribution in [3.8, 4) is 0 Å². The maximum Gasteiger partial charge on any atom is 0.408 e. The van der Waals surface area contributed by atoms with Gasteiger partial charge in [-0.05, 0) is 45.7 Å². The fraction of sp³-hybridized carbons (Fsp3) is 0.611. The van der Waals surface area contributed by atoms with E-state index in [4.69, 9.17) is 4.74 Å². The number of carbonyl (C=O) groups excluding carboxylic acids is 1. The molecule has 2 N–H and O–H groups in total. The van der Waals surface area contributed by atoms with Gasteiger partial charge in [0.1, 0.15) is 5.60 Å². The summed E-state index contributed by atoms with van der Waals surface area (Å²) in [6, 6.07) is 8.90. The van der Waals surface area contributed by atoms with Crippen molar-refractivity contribution in [2.24, 2.45) is 0 Å². The number of fused-ring (bicyclic) bond motifs is 1. The molecule has 0 spiro atoms. The summed E-state index contributed by atoms with van der Waals surface area (Å²) in [5.41, 5.74) is 1.92. The molecule has 1 aliphatic heterocycles. The topological polar surface area (TPSA) is 50.4 Å². The van der Waals surface area contributed by atoms with Crippen molar-refractivity contribution in [3.05, 3.63) is 35.4 Å². The lowest BCUT2D eigenvalue weighted by atomic mass is 10.00. The van der Waals surface area contributed by atoms with Gasteiger partial charge in [0.15, 0.2) is 0 Å². The van der Waals surface area contributed by atoms with Crippen molar-refractivity contribution in [1.82, 2.24) is 10.6 Å². The Hall–Kier alpha value is -1.20. The van der Waals surface area contributed by atoms with E-state index in [2.05, 4.69) is 34.9 Å². The minimum absolute atomic E-state index is 0.324. The van der Waals surface area contributed by atoms with Crippen LogP contribution in [0.15, 0.2) is 24.3 Å². The van der Waals surface area contributed by atoms with Crippen molar-refractivity contribution >= 4 is 17.9 Å². The van der Waals surface area contributed by atoms with Crippen LogP contribution in [0.2, 0.25) is 0 Å². The second-order valence-corrected chi connectivity index (χ2v) is 8.69. The van der Waals surface area contributed by atoms with Crippen molar-refractivity contribution in [1.29, 1.82) is 0 Å². The molecule has 5 heteroatoms. The lowest BCUT2D eigenvalue weighted by molar-refractivity contribution is 0.0471. The van der Waals surface area contributed by atoms with Crippen molar-refractivity contribution < 1.29 is 9.53 Å². The van der Waals surface area contributed by atoms with Gasteiger partial charge in [-0.15, -0.1) is 0 Å². The zero-order valence-electron chi connectivity index (χ0n) is 14.7. The van der Waals surface area contributed by atoms with Gasteiger partial charge >= 0.3 is 6.09 Å². The summed E-state index contributed by atoms with van der Waals surface area (Å²) >= 11 is 1.94. The number of hydrogen-bond acceptors (Lipinski definition) is 4. The molecule has 0 saturated carbocycles. The molecule has 0 radical (unpaired) electrons. The molecular formula is C18H28N2O2S. The monoisotopic (exact) mass is 336 g/mol. The first-order valence-corrected chi connectivity index (χ1v) is 9.22. The molecule has 128 valence electrons. The predicted molar refractivity (Wildman–Crippen MR) is 96.8 cm³/mol. The largest absolute Gasteiger partial charge is 0.444 e. The number of amides is 1. The first-order chi connectivity index (χ1) is 10.7. The van der Waals surface area contributed by atoms with Gasteiger partial charge in [0, 0.05) is 24.1 Å². The molecule has 1 aromatic carbocycles. The van der Waals surface area contributed by atoms with E-state index in [9.17, 15) is 4.79 Å². The second kappa shape index (κ2) is 7.14. The Morgan fingerprint density at radius 1 is 1.26 bits per heavy atom. The van der Waals surface area contributed by atoms with E-state index in [1.165, 1.54) is 11.1 Å². The number of rotatable bonds is 4. The Morgan fingerprint density at radius 3 is 2.65 bits per heavy atom. The molecule has 0 aromatic heterocycles. The molecule has 23 heavy (non-hydrogen) atoms. The molecule has 1 unspecified atom stereocenters. The average Bonchev–Trinajstić information content (AvgIpc) is 2.42. The van der Waals surface area contributed by atoms with Crippen LogP contribution in [0.3, 0.4) is 0 Å². The SMILES string of the molecule is CC(C)(CNC1CSCc2ccccc21)NC(=O)OC(C)(C)C. The fourth-order valence-electron chi connectivity index (χ4n) is 2.55. The van der Waals surface area contributed by atoms with Crippen LogP contribution in [0.4, 0.5) is 4.79 Å². The maximum atomic E-state index is 12.0. The quantitative estimate of drug-likeness (QED) is 0.876. The van der Waals surface area contributed by atoms with Crippen molar-refractivity contribution in [3.63, 3.8) is 0 Å². The van der Waals surface area contributed by atoms with Crippen LogP contribution in [0.25, 0.3) is 0 Å². The van der Waals surface area contributed by atoms with E-state index in [0.29, 0.717) is 12.6 Å². The molecule has 1 amide bonds. The number of carbonyl (C=O) groups is 1. The smallest absolute Gasteiger partial charge is 0.408 e. The van der Waals surface area contributed by atoms with Crippen LogP contribution in [0, 0.1) is 0 Å². The lowest BCUT2D eigenvalue weighted by Crippen LogP contribution is -2.52. The van der Waals surface area contributed by atoms with Gasteiger partial charge in [0.2, 0.25) is 0 Å². The summed E-state index contributed by atoms with van der Waals surface area (Å²) in [4.78, 5) is 12.0. The molecule has 0 bridgehead atoms. The summed E-state index contributed by atoms with van der Waals surface area (Å²) in [5.74, 6) is 2.13. The number of nitrogens with one attached hydrogen (secondary N) is 2. The normalized spacial score (nSPS) is 18.2. The minimum atomic E-state index is -0.480. The molecule has 1 atom stereocenters. The van der Waals surface area contributed by atoms with Gasteiger partial charge in [0.05, 0.1) is 5.54 Å². The Balaban J connectivity index is 1.91. The minimum Gasteiger partial charge on any atom is -0.444 e. The third kappa shape index (κ3) is 5.74. The molecule has 1 heterocycles. The summed E-state index contributed by atoms with van der Waals surface area (Å²) in [7, 11) is 0. The first kappa shape index (κ1) is 18.1. The molecule has 1 aromatic rings. The highest BCUT2D eigenvalue weighted by Gasteiger charge is 2.27. The molecule has 4 nitrogen and oxygen atoms in total. The molecule has 0 fully saturated rings. The van der Waals surface area contributed by atoms with Gasteiger partial charge in [-0.25, -0.2) is 4.79 Å². The van der Waals surface area contributed by atoms with E-state index in [0.717, 1.165) is 11.5 Å². The highest BCUT2D eigenvalue weighted by molar-refractivity contribution is 7.98. The van der Waals surface area contributed by atoms with E-state index in [-0.39, 0.29) is 11.6 Å². The van der Waals surface area contributed by atoms with Crippen LogP contribution in [-0.4, -0.2) is 29.5 Å². The van der Waals surface area contributed by atoms with Crippen molar-refractivity contribution in [2.45, 2.75) is 57.6 Å². The fourth-order valence-corrected chi connectivity index (χ4v) is 3.69. The average molecular weight is 337 g/mol. The number of thioether (sulfide) groups is 1.